The summed E-state index contributed by atoms with van der Waals surface area (Å²) in [6.45, 7) is 1.73. The highest BCUT2D eigenvalue weighted by Crippen LogP contribution is 2.34. The highest BCUT2D eigenvalue weighted by molar-refractivity contribution is 9.10. The molecule has 1 aliphatic heterocycles. The summed E-state index contributed by atoms with van der Waals surface area (Å²) in [7, 11) is -2.35. The van der Waals surface area contributed by atoms with E-state index >= 15 is 0 Å². The molecule has 1 amide bonds. The third-order valence-corrected chi connectivity index (χ3v) is 6.97. The Morgan fingerprint density at radius 2 is 1.92 bits per heavy atom. The molecule has 0 spiro atoms. The molecule has 8 heteroatoms. The number of amides is 1. The van der Waals surface area contributed by atoms with Crippen LogP contribution in [0.1, 0.15) is 12.5 Å². The summed E-state index contributed by atoms with van der Waals surface area (Å²) in [4.78, 5) is 14.6. The molecule has 0 aromatic heterocycles. The van der Waals surface area contributed by atoms with Crippen molar-refractivity contribution in [2.75, 3.05) is 18.5 Å². The first-order valence-corrected chi connectivity index (χ1v) is 10.6. The number of carbonyl (C=O) groups excluding carboxylic acids is 1. The summed E-state index contributed by atoms with van der Waals surface area (Å²) < 4.78 is 27.4. The van der Waals surface area contributed by atoms with E-state index in [1.807, 2.05) is 25.1 Å². The summed E-state index contributed by atoms with van der Waals surface area (Å²) in [5.74, 6) is -0.251. The summed E-state index contributed by atoms with van der Waals surface area (Å²) in [6, 6.07) is 11.6. The lowest BCUT2D eigenvalue weighted by Gasteiger charge is -2.25. The molecule has 0 N–H and O–H groups in total. The Labute approximate surface area is 166 Å². The van der Waals surface area contributed by atoms with Crippen LogP contribution in [0.15, 0.2) is 51.8 Å². The summed E-state index contributed by atoms with van der Waals surface area (Å²) >= 11 is 9.25. The highest BCUT2D eigenvalue weighted by atomic mass is 79.9. The number of fused-ring (bicyclic) bond motifs is 1. The number of rotatable bonds is 4. The van der Waals surface area contributed by atoms with Gasteiger partial charge in [0.05, 0.1) is 11.4 Å². The lowest BCUT2D eigenvalue weighted by atomic mass is 10.1. The lowest BCUT2D eigenvalue weighted by molar-refractivity contribution is -0.118. The molecule has 5 nitrogen and oxygen atoms in total. The molecular formula is C18H18BrClN2O3S. The number of hydrogen-bond acceptors (Lipinski definition) is 3. The summed E-state index contributed by atoms with van der Waals surface area (Å²) in [5, 5.41) is 0.455. The van der Waals surface area contributed by atoms with Gasteiger partial charge in [0.1, 0.15) is 0 Å². The van der Waals surface area contributed by atoms with Crippen molar-refractivity contribution in [3.63, 3.8) is 0 Å². The number of benzene rings is 2. The van der Waals surface area contributed by atoms with Gasteiger partial charge in [-0.1, -0.05) is 27.5 Å². The van der Waals surface area contributed by atoms with Gasteiger partial charge in [-0.05, 0) is 61.4 Å². The fourth-order valence-corrected chi connectivity index (χ4v) is 4.77. The standard InChI is InChI=1S/C18H18BrClN2O3S/c1-12-9-13-10-14(19)3-8-17(13)22(12)18(23)11-21(2)26(24,25)16-6-4-15(20)5-7-16/h3-8,10,12H,9,11H2,1-2H3. The van der Waals surface area contributed by atoms with Crippen molar-refractivity contribution in [3.05, 3.63) is 57.5 Å². The number of sulfonamides is 1. The van der Waals surface area contributed by atoms with Gasteiger partial charge < -0.3 is 4.90 Å². The van der Waals surface area contributed by atoms with E-state index in [-0.39, 0.29) is 23.4 Å². The van der Waals surface area contributed by atoms with E-state index in [4.69, 9.17) is 11.6 Å². The van der Waals surface area contributed by atoms with Gasteiger partial charge in [0.2, 0.25) is 15.9 Å². The number of likely N-dealkylation sites (N-methyl/N-ethyl adjacent to an activating group) is 1. The van der Waals surface area contributed by atoms with Gasteiger partial charge in [-0.15, -0.1) is 0 Å². The van der Waals surface area contributed by atoms with Crippen LogP contribution in [0.3, 0.4) is 0 Å². The third kappa shape index (κ3) is 3.67. The molecule has 0 aliphatic carbocycles. The average molecular weight is 458 g/mol. The van der Waals surface area contributed by atoms with Crippen LogP contribution < -0.4 is 4.90 Å². The molecule has 0 saturated carbocycles. The average Bonchev–Trinajstić information content (AvgIpc) is 2.89. The van der Waals surface area contributed by atoms with E-state index in [1.54, 1.807) is 4.90 Å². The van der Waals surface area contributed by atoms with Crippen molar-refractivity contribution in [2.45, 2.75) is 24.3 Å². The molecule has 0 saturated heterocycles. The Hall–Kier alpha value is -1.41. The second-order valence-corrected chi connectivity index (χ2v) is 9.70. The SMILES string of the molecule is CC1Cc2cc(Br)ccc2N1C(=O)CN(C)S(=O)(=O)c1ccc(Cl)cc1. The quantitative estimate of drug-likeness (QED) is 0.703. The predicted octanol–water partition coefficient (Wildman–Crippen LogP) is 3.70. The number of nitrogens with zero attached hydrogens (tertiary/aromatic N) is 2. The van der Waals surface area contributed by atoms with Gasteiger partial charge in [0.15, 0.2) is 0 Å². The lowest BCUT2D eigenvalue weighted by Crippen LogP contribution is -2.43. The maximum absolute atomic E-state index is 12.8. The fraction of sp³-hybridized carbons (Fsp3) is 0.278. The molecule has 3 rings (SSSR count). The monoisotopic (exact) mass is 456 g/mol. The van der Waals surface area contributed by atoms with Crippen LogP contribution in [0, 0.1) is 0 Å². The van der Waals surface area contributed by atoms with E-state index < -0.39 is 10.0 Å². The zero-order valence-corrected chi connectivity index (χ0v) is 17.5. The van der Waals surface area contributed by atoms with E-state index in [9.17, 15) is 13.2 Å². The first-order chi connectivity index (χ1) is 12.2. The second kappa shape index (κ2) is 7.31. The van der Waals surface area contributed by atoms with E-state index in [0.717, 1.165) is 26.4 Å². The molecule has 0 radical (unpaired) electrons. The minimum absolute atomic E-state index is 0.0153. The van der Waals surface area contributed by atoms with Crippen LogP contribution in [0.2, 0.25) is 5.02 Å². The molecule has 0 fully saturated rings. The Balaban J connectivity index is 1.81. The molecule has 1 unspecified atom stereocenters. The molecule has 1 aliphatic rings. The zero-order valence-electron chi connectivity index (χ0n) is 14.3. The van der Waals surface area contributed by atoms with Crippen molar-refractivity contribution in [3.8, 4) is 0 Å². The maximum Gasteiger partial charge on any atom is 0.243 e. The first kappa shape index (κ1) is 19.4. The van der Waals surface area contributed by atoms with Crippen LogP contribution >= 0.6 is 27.5 Å². The molecule has 2 aromatic rings. The molecule has 138 valence electrons. The van der Waals surface area contributed by atoms with Gasteiger partial charge >= 0.3 is 0 Å². The van der Waals surface area contributed by atoms with Crippen molar-refractivity contribution in [1.29, 1.82) is 0 Å². The minimum Gasteiger partial charge on any atom is -0.308 e. The molecule has 2 aromatic carbocycles. The largest absolute Gasteiger partial charge is 0.308 e. The predicted molar refractivity (Wildman–Crippen MR) is 106 cm³/mol. The van der Waals surface area contributed by atoms with Crippen molar-refractivity contribution >= 4 is 49.1 Å². The Kier molecular flexibility index (Phi) is 5.44. The topological polar surface area (TPSA) is 57.7 Å². The van der Waals surface area contributed by atoms with Gasteiger partial charge in [0, 0.05) is 28.3 Å². The Bertz CT molecular complexity index is 947. The molecule has 1 atom stereocenters. The second-order valence-electron chi connectivity index (χ2n) is 6.30. The number of carbonyl (C=O) groups is 1. The Morgan fingerprint density at radius 3 is 2.58 bits per heavy atom. The highest BCUT2D eigenvalue weighted by Gasteiger charge is 2.33. The minimum atomic E-state index is -3.76. The van der Waals surface area contributed by atoms with Crippen LogP contribution in [-0.2, 0) is 21.2 Å². The molecular weight excluding hydrogens is 440 g/mol. The van der Waals surface area contributed by atoms with Crippen LogP contribution in [0.4, 0.5) is 5.69 Å². The maximum atomic E-state index is 12.8. The van der Waals surface area contributed by atoms with Gasteiger partial charge in [0.25, 0.3) is 0 Å². The number of anilines is 1. The summed E-state index contributed by atoms with van der Waals surface area (Å²) in [6.07, 6.45) is 0.744. The zero-order chi connectivity index (χ0) is 19.1. The van der Waals surface area contributed by atoms with Crippen LogP contribution in [0.25, 0.3) is 0 Å². The Morgan fingerprint density at radius 1 is 1.27 bits per heavy atom. The number of hydrogen-bond donors (Lipinski definition) is 0. The van der Waals surface area contributed by atoms with Crippen LogP contribution in [-0.4, -0.2) is 38.3 Å². The van der Waals surface area contributed by atoms with E-state index in [2.05, 4.69) is 15.9 Å². The first-order valence-electron chi connectivity index (χ1n) is 8.02. The van der Waals surface area contributed by atoms with E-state index in [1.165, 1.54) is 31.3 Å². The fourth-order valence-electron chi connectivity index (χ4n) is 3.12. The van der Waals surface area contributed by atoms with Crippen molar-refractivity contribution in [2.24, 2.45) is 0 Å². The molecule has 1 heterocycles. The molecule has 0 bridgehead atoms. The molecule has 26 heavy (non-hydrogen) atoms. The number of halogens is 2. The summed E-state index contributed by atoms with van der Waals surface area (Å²) in [5.41, 5.74) is 1.91. The van der Waals surface area contributed by atoms with E-state index in [0.29, 0.717) is 5.02 Å². The normalized spacial score (nSPS) is 16.8. The van der Waals surface area contributed by atoms with Gasteiger partial charge in [-0.2, -0.15) is 4.31 Å². The third-order valence-electron chi connectivity index (χ3n) is 4.41. The van der Waals surface area contributed by atoms with Crippen LogP contribution in [0.5, 0.6) is 0 Å². The smallest absolute Gasteiger partial charge is 0.243 e. The van der Waals surface area contributed by atoms with Gasteiger partial charge in [-0.25, -0.2) is 8.42 Å². The van der Waals surface area contributed by atoms with Crippen molar-refractivity contribution < 1.29 is 13.2 Å². The van der Waals surface area contributed by atoms with Crippen molar-refractivity contribution in [1.82, 2.24) is 4.31 Å². The van der Waals surface area contributed by atoms with Gasteiger partial charge in [-0.3, -0.25) is 4.79 Å².